The Morgan fingerprint density at radius 2 is 1.16 bits per heavy atom. The van der Waals surface area contributed by atoms with Gasteiger partial charge in [0, 0.05) is 19.9 Å². The lowest BCUT2D eigenvalue weighted by atomic mass is 9.95. The van der Waals surface area contributed by atoms with Gasteiger partial charge in [0.2, 0.25) is 13.8 Å². The topological polar surface area (TPSA) is 156 Å². The lowest BCUT2D eigenvalue weighted by Crippen LogP contribution is -2.53. The molecule has 2 radical (unpaired) electrons. The molecule has 0 saturated heterocycles. The van der Waals surface area contributed by atoms with Crippen LogP contribution in [-0.4, -0.2) is 87.3 Å². The van der Waals surface area contributed by atoms with Crippen LogP contribution in [0.4, 0.5) is 4.79 Å². The number of rotatable bonds is 23. The van der Waals surface area contributed by atoms with Crippen molar-refractivity contribution < 1.29 is 38.5 Å². The third-order valence-corrected chi connectivity index (χ3v) is 10.3. The zero-order valence-corrected chi connectivity index (χ0v) is 34.8. The van der Waals surface area contributed by atoms with E-state index in [-0.39, 0.29) is 32.5 Å². The molecular weight excluding hydrogens is 771 g/mol. The van der Waals surface area contributed by atoms with Gasteiger partial charge in [0.05, 0.1) is 0 Å². The first-order valence-corrected chi connectivity index (χ1v) is 20.2. The highest BCUT2D eigenvalue weighted by atomic mass is 16.5. The summed E-state index contributed by atoms with van der Waals surface area (Å²) >= 11 is 0. The van der Waals surface area contributed by atoms with E-state index in [0.29, 0.717) is 42.2 Å². The Labute approximate surface area is 359 Å². The molecule has 0 aliphatic carbocycles. The van der Waals surface area contributed by atoms with E-state index in [2.05, 4.69) is 16.0 Å². The average Bonchev–Trinajstić information content (AvgIpc) is 3.28. The van der Waals surface area contributed by atoms with Crippen LogP contribution in [0.1, 0.15) is 40.7 Å². The highest BCUT2D eigenvalue weighted by Gasteiger charge is 2.34. The van der Waals surface area contributed by atoms with Crippen LogP contribution in [0, 0.1) is 0 Å². The number of aliphatic carboxylic acids is 1. The van der Waals surface area contributed by atoms with Crippen molar-refractivity contribution in [2.75, 3.05) is 27.7 Å². The van der Waals surface area contributed by atoms with Gasteiger partial charge in [-0.25, -0.2) is 4.79 Å². The molecule has 316 valence electrons. The third-order valence-electron chi connectivity index (χ3n) is 10.3. The van der Waals surface area contributed by atoms with Crippen molar-refractivity contribution in [2.24, 2.45) is 0 Å². The summed E-state index contributed by atoms with van der Waals surface area (Å²) in [6.07, 6.45) is 0.970. The maximum absolute atomic E-state index is 14.2. The molecule has 3 unspecified atom stereocenters. The summed E-state index contributed by atoms with van der Waals surface area (Å²) in [5.41, 5.74) is 5.47. The van der Waals surface area contributed by atoms with E-state index in [1.165, 1.54) is 11.9 Å². The Morgan fingerprint density at radius 1 is 0.672 bits per heavy atom. The summed E-state index contributed by atoms with van der Waals surface area (Å²) in [6.45, 7) is 1.10. The summed E-state index contributed by atoms with van der Waals surface area (Å²) in [7, 11) is 10.4. The van der Waals surface area contributed by atoms with Gasteiger partial charge in [-0.15, -0.1) is 0 Å². The molecule has 0 heterocycles. The number of hydrogen-bond donors (Lipinski definition) is 4. The van der Waals surface area contributed by atoms with Crippen molar-refractivity contribution >= 4 is 31.5 Å². The Morgan fingerprint density at radius 3 is 1.62 bits per heavy atom. The van der Waals surface area contributed by atoms with Crippen molar-refractivity contribution in [1.29, 1.82) is 0 Å². The number of nitrogens with zero attached hydrogens (tertiary/aromatic N) is 1. The predicted molar refractivity (Wildman–Crippen MR) is 235 cm³/mol. The Bertz CT molecular complexity index is 2190. The number of carboxylic acids is 1. The molecule has 3 atom stereocenters. The van der Waals surface area contributed by atoms with E-state index >= 15 is 0 Å². The summed E-state index contributed by atoms with van der Waals surface area (Å²) in [6, 6.07) is 36.8. The summed E-state index contributed by atoms with van der Waals surface area (Å²) < 4.78 is 18.5. The number of hydrogen-bond acceptors (Lipinski definition) is 9. The molecule has 0 bridgehead atoms. The van der Waals surface area contributed by atoms with Crippen LogP contribution >= 0.6 is 0 Å². The molecule has 2 amide bonds. The second-order valence-electron chi connectivity index (χ2n) is 14.6. The largest absolute Gasteiger partial charge is 0.489 e. The normalized spacial score (nSPS) is 12.4. The maximum Gasteiger partial charge on any atom is 0.329 e. The SMILES string of the molecule is [B]C(=O)NC(CCCNC)C(=O)N(C)C(Cc1cc(-c2ccc(OCc3ccccc3)c(CC(NC)C(=O)O)c2)ccc1OCc1ccccc1)C(=O)OCc1ccccc1. The lowest BCUT2D eigenvalue weighted by Gasteiger charge is -2.31. The maximum atomic E-state index is 14.2. The van der Waals surface area contributed by atoms with E-state index in [1.807, 2.05) is 127 Å². The van der Waals surface area contributed by atoms with Crippen LogP contribution in [0.5, 0.6) is 11.5 Å². The molecule has 12 nitrogen and oxygen atoms in total. The average molecular weight is 825 g/mol. The van der Waals surface area contributed by atoms with Crippen LogP contribution in [0.15, 0.2) is 127 Å². The first kappa shape index (κ1) is 45.6. The minimum absolute atomic E-state index is 0.0143. The molecule has 0 saturated carbocycles. The van der Waals surface area contributed by atoms with Crippen molar-refractivity contribution in [1.82, 2.24) is 20.9 Å². The first-order chi connectivity index (χ1) is 29.6. The number of likely N-dealkylation sites (N-methyl/N-ethyl adjacent to an activating group) is 2. The van der Waals surface area contributed by atoms with Gasteiger partial charge in [-0.3, -0.25) is 14.4 Å². The smallest absolute Gasteiger partial charge is 0.329 e. The number of esters is 1. The summed E-state index contributed by atoms with van der Waals surface area (Å²) in [5, 5.41) is 18.4. The second kappa shape index (κ2) is 23.4. The third kappa shape index (κ3) is 13.8. The van der Waals surface area contributed by atoms with Gasteiger partial charge >= 0.3 is 11.9 Å². The molecule has 4 N–H and O–H groups in total. The highest BCUT2D eigenvalue weighted by molar-refractivity contribution is 6.57. The van der Waals surface area contributed by atoms with Gasteiger partial charge < -0.3 is 40.2 Å². The fraction of sp³-hybridized carbons (Fsp3) is 0.292. The standard InChI is InChI=1S/C48H53BN4O8/c1-50-25-13-20-40(52-48(49)58)45(54)53(3)42(47(57)61-32-35-18-11-6-12-19-35)29-39-27-37(22-24-44(39)60-31-34-16-9-5-10-17-34)36-21-23-43(59-30-33-14-7-4-8-15-33)38(26-36)28-41(51-2)46(55)56/h4-12,14-19,21-24,26-27,40-42,50-51H,13,20,25,28-32H2,1-3H3,(H,52,58)(H,55,56). The van der Waals surface area contributed by atoms with Crippen LogP contribution in [-0.2, 0) is 51.8 Å². The van der Waals surface area contributed by atoms with Gasteiger partial charge in [-0.05, 0) is 96.7 Å². The molecule has 5 aromatic rings. The summed E-state index contributed by atoms with van der Waals surface area (Å²) in [5.74, 6) is -1.98. The van der Waals surface area contributed by atoms with E-state index in [0.717, 1.165) is 27.8 Å². The van der Waals surface area contributed by atoms with Crippen molar-refractivity contribution in [2.45, 2.75) is 63.6 Å². The van der Waals surface area contributed by atoms with Gasteiger partial charge in [0.15, 0.2) is 5.81 Å². The lowest BCUT2D eigenvalue weighted by molar-refractivity contribution is -0.155. The quantitative estimate of drug-likeness (QED) is 0.0346. The van der Waals surface area contributed by atoms with Crippen LogP contribution in [0.25, 0.3) is 11.1 Å². The monoisotopic (exact) mass is 824 g/mol. The number of carboxylic acid groups (broad SMARTS) is 1. The number of ether oxygens (including phenoxy) is 3. The molecule has 61 heavy (non-hydrogen) atoms. The number of benzene rings is 5. The second-order valence-corrected chi connectivity index (χ2v) is 14.6. The van der Waals surface area contributed by atoms with Crippen molar-refractivity contribution in [3.63, 3.8) is 0 Å². The van der Waals surface area contributed by atoms with E-state index < -0.39 is 41.8 Å². The predicted octanol–water partition coefficient (Wildman–Crippen LogP) is 6.09. The molecule has 13 heteroatoms. The first-order valence-electron chi connectivity index (χ1n) is 20.2. The molecule has 0 aliphatic heterocycles. The molecule has 0 aromatic heterocycles. The summed E-state index contributed by atoms with van der Waals surface area (Å²) in [4.78, 5) is 53.9. The number of carbonyl (C=O) groups excluding carboxylic acids is 3. The van der Waals surface area contributed by atoms with Gasteiger partial charge in [0.25, 0.3) is 0 Å². The van der Waals surface area contributed by atoms with Gasteiger partial charge in [-0.2, -0.15) is 0 Å². The molecule has 0 aliphatic rings. The number of nitrogens with one attached hydrogen (secondary N) is 3. The fourth-order valence-corrected chi connectivity index (χ4v) is 6.85. The van der Waals surface area contributed by atoms with E-state index in [1.54, 1.807) is 14.1 Å². The molecule has 5 rings (SSSR count). The van der Waals surface area contributed by atoms with E-state index in [9.17, 15) is 24.3 Å². The van der Waals surface area contributed by atoms with Crippen LogP contribution in [0.2, 0.25) is 0 Å². The zero-order chi connectivity index (χ0) is 43.6. The zero-order valence-electron chi connectivity index (χ0n) is 34.8. The molecule has 5 aromatic carbocycles. The van der Waals surface area contributed by atoms with Crippen molar-refractivity contribution in [3.05, 3.63) is 155 Å². The molecule has 0 fully saturated rings. The van der Waals surface area contributed by atoms with Crippen LogP contribution < -0.4 is 25.4 Å². The number of carbonyl (C=O) groups is 4. The molecule has 0 spiro atoms. The van der Waals surface area contributed by atoms with Gasteiger partial charge in [0.1, 0.15) is 49.4 Å². The highest BCUT2D eigenvalue weighted by Crippen LogP contribution is 2.33. The Kier molecular flexibility index (Phi) is 17.5. The minimum atomic E-state index is -1.15. The van der Waals surface area contributed by atoms with E-state index in [4.69, 9.17) is 22.1 Å². The molecular formula is C48H53BN4O8. The Hall–Kier alpha value is -6.44. The van der Waals surface area contributed by atoms with Crippen LogP contribution in [0.3, 0.4) is 0 Å². The Balaban J connectivity index is 1.55. The minimum Gasteiger partial charge on any atom is -0.489 e. The fourth-order valence-electron chi connectivity index (χ4n) is 6.85. The van der Waals surface area contributed by atoms with Gasteiger partial charge in [-0.1, -0.05) is 103 Å². The number of amides is 2. The van der Waals surface area contributed by atoms with Crippen molar-refractivity contribution in [3.8, 4) is 22.6 Å².